The van der Waals surface area contributed by atoms with Gasteiger partial charge in [0.1, 0.15) is 11.9 Å². The predicted octanol–water partition coefficient (Wildman–Crippen LogP) is -0.713. The number of hydrogen-bond donors (Lipinski definition) is 2. The molecule has 0 aliphatic carbocycles. The fourth-order valence-electron chi connectivity index (χ4n) is 2.37. The van der Waals surface area contributed by atoms with Crippen LogP contribution in [-0.2, 0) is 9.59 Å². The van der Waals surface area contributed by atoms with Crippen LogP contribution in [0.2, 0.25) is 0 Å². The summed E-state index contributed by atoms with van der Waals surface area (Å²) in [7, 11) is 0. The van der Waals surface area contributed by atoms with Crippen LogP contribution in [0.4, 0.5) is 10.1 Å². The van der Waals surface area contributed by atoms with Crippen molar-refractivity contribution in [2.24, 2.45) is 11.5 Å². The molecule has 6 nitrogen and oxygen atoms in total. The molecule has 0 spiro atoms. The molecule has 1 aliphatic rings. The Hall–Kier alpha value is -2.15. The highest BCUT2D eigenvalue weighted by Gasteiger charge is 2.31. The number of anilines is 1. The van der Waals surface area contributed by atoms with Crippen molar-refractivity contribution in [3.8, 4) is 0 Å². The Morgan fingerprint density at radius 3 is 2.40 bits per heavy atom. The molecule has 1 unspecified atom stereocenters. The zero-order chi connectivity index (χ0) is 14.7. The average molecular weight is 280 g/mol. The van der Waals surface area contributed by atoms with Gasteiger partial charge < -0.3 is 16.4 Å². The van der Waals surface area contributed by atoms with Gasteiger partial charge >= 0.3 is 0 Å². The van der Waals surface area contributed by atoms with Crippen LogP contribution in [0.3, 0.4) is 0 Å². The van der Waals surface area contributed by atoms with Crippen molar-refractivity contribution >= 4 is 17.5 Å². The Kier molecular flexibility index (Phi) is 4.19. The summed E-state index contributed by atoms with van der Waals surface area (Å²) in [6, 6.07) is 5.45. The molecule has 1 aromatic carbocycles. The van der Waals surface area contributed by atoms with E-state index in [1.807, 2.05) is 4.90 Å². The first-order chi connectivity index (χ1) is 9.47. The lowest BCUT2D eigenvalue weighted by molar-refractivity contribution is -0.125. The zero-order valence-corrected chi connectivity index (χ0v) is 11.0. The summed E-state index contributed by atoms with van der Waals surface area (Å²) in [4.78, 5) is 26.1. The van der Waals surface area contributed by atoms with E-state index in [0.717, 1.165) is 5.69 Å². The molecule has 108 valence electrons. The normalized spacial score (nSPS) is 19.9. The van der Waals surface area contributed by atoms with Crippen molar-refractivity contribution in [2.45, 2.75) is 6.04 Å². The molecule has 2 amide bonds. The van der Waals surface area contributed by atoms with E-state index in [1.165, 1.54) is 12.1 Å². The van der Waals surface area contributed by atoms with Gasteiger partial charge in [-0.05, 0) is 24.3 Å². The molecule has 2 rings (SSSR count). The number of amides is 2. The second kappa shape index (κ2) is 5.87. The molecule has 1 heterocycles. The van der Waals surface area contributed by atoms with E-state index in [9.17, 15) is 14.0 Å². The summed E-state index contributed by atoms with van der Waals surface area (Å²) in [5.74, 6) is -1.31. The number of carbonyl (C=O) groups excluding carboxylic acids is 2. The topological polar surface area (TPSA) is 92.7 Å². The third-order valence-corrected chi connectivity index (χ3v) is 3.37. The molecular weight excluding hydrogens is 263 g/mol. The Bertz CT molecular complexity index is 506. The summed E-state index contributed by atoms with van der Waals surface area (Å²) < 4.78 is 12.9. The SMILES string of the molecule is NC(=O)CN1CCN(c2ccc(F)cc2)CC1C(N)=O. The van der Waals surface area contributed by atoms with Crippen LogP contribution >= 0.6 is 0 Å². The third kappa shape index (κ3) is 3.24. The zero-order valence-electron chi connectivity index (χ0n) is 11.0. The summed E-state index contributed by atoms with van der Waals surface area (Å²) in [6.45, 7) is 1.47. The van der Waals surface area contributed by atoms with Gasteiger partial charge in [0.25, 0.3) is 0 Å². The molecule has 20 heavy (non-hydrogen) atoms. The maximum Gasteiger partial charge on any atom is 0.236 e. The van der Waals surface area contributed by atoms with E-state index in [2.05, 4.69) is 0 Å². The Balaban J connectivity index is 2.11. The van der Waals surface area contributed by atoms with Gasteiger partial charge in [-0.25, -0.2) is 4.39 Å². The minimum absolute atomic E-state index is 0.00483. The van der Waals surface area contributed by atoms with Crippen molar-refractivity contribution in [3.05, 3.63) is 30.1 Å². The predicted molar refractivity (Wildman–Crippen MR) is 72.4 cm³/mol. The van der Waals surface area contributed by atoms with E-state index >= 15 is 0 Å². The maximum atomic E-state index is 12.9. The molecule has 0 saturated carbocycles. The third-order valence-electron chi connectivity index (χ3n) is 3.37. The quantitative estimate of drug-likeness (QED) is 0.762. The molecule has 1 aromatic rings. The van der Waals surface area contributed by atoms with Crippen LogP contribution < -0.4 is 16.4 Å². The summed E-state index contributed by atoms with van der Waals surface area (Å²) >= 11 is 0. The number of halogens is 1. The van der Waals surface area contributed by atoms with Crippen LogP contribution in [0.1, 0.15) is 0 Å². The first-order valence-corrected chi connectivity index (χ1v) is 6.29. The molecule has 1 saturated heterocycles. The van der Waals surface area contributed by atoms with Crippen molar-refractivity contribution in [1.82, 2.24) is 4.90 Å². The molecule has 1 aliphatic heterocycles. The van der Waals surface area contributed by atoms with Gasteiger partial charge in [0, 0.05) is 25.3 Å². The molecule has 7 heteroatoms. The monoisotopic (exact) mass is 280 g/mol. The number of nitrogens with zero attached hydrogens (tertiary/aromatic N) is 2. The van der Waals surface area contributed by atoms with E-state index in [4.69, 9.17) is 11.5 Å². The Morgan fingerprint density at radius 2 is 1.85 bits per heavy atom. The summed E-state index contributed by atoms with van der Waals surface area (Å²) in [5, 5.41) is 0. The lowest BCUT2D eigenvalue weighted by Crippen LogP contribution is -2.59. The van der Waals surface area contributed by atoms with Crippen molar-refractivity contribution in [2.75, 3.05) is 31.1 Å². The highest BCUT2D eigenvalue weighted by molar-refractivity contribution is 5.82. The van der Waals surface area contributed by atoms with Crippen LogP contribution in [0.5, 0.6) is 0 Å². The minimum Gasteiger partial charge on any atom is -0.369 e. The van der Waals surface area contributed by atoms with Gasteiger partial charge in [0.15, 0.2) is 0 Å². The van der Waals surface area contributed by atoms with Crippen molar-refractivity contribution in [1.29, 1.82) is 0 Å². The van der Waals surface area contributed by atoms with Gasteiger partial charge in [-0.15, -0.1) is 0 Å². The van der Waals surface area contributed by atoms with Crippen LogP contribution in [0.15, 0.2) is 24.3 Å². The van der Waals surface area contributed by atoms with E-state index in [-0.39, 0.29) is 12.4 Å². The number of carbonyl (C=O) groups is 2. The number of rotatable bonds is 4. The van der Waals surface area contributed by atoms with Crippen LogP contribution in [0, 0.1) is 5.82 Å². The Morgan fingerprint density at radius 1 is 1.20 bits per heavy atom. The second-order valence-electron chi connectivity index (χ2n) is 4.78. The molecule has 0 radical (unpaired) electrons. The number of benzene rings is 1. The van der Waals surface area contributed by atoms with E-state index < -0.39 is 17.9 Å². The van der Waals surface area contributed by atoms with Crippen molar-refractivity contribution in [3.63, 3.8) is 0 Å². The van der Waals surface area contributed by atoms with Crippen LogP contribution in [0.25, 0.3) is 0 Å². The smallest absolute Gasteiger partial charge is 0.236 e. The summed E-state index contributed by atoms with van der Waals surface area (Å²) in [5.41, 5.74) is 11.4. The largest absolute Gasteiger partial charge is 0.369 e. The standard InChI is InChI=1S/C13H17FN4O2/c14-9-1-3-10(4-2-9)17-5-6-18(8-12(15)19)11(7-17)13(16)20/h1-4,11H,5-8H2,(H2,15,19)(H2,16,20). The van der Waals surface area contributed by atoms with Crippen LogP contribution in [-0.4, -0.2) is 48.9 Å². The van der Waals surface area contributed by atoms with Gasteiger partial charge in [0.2, 0.25) is 11.8 Å². The van der Waals surface area contributed by atoms with Gasteiger partial charge in [-0.3, -0.25) is 14.5 Å². The van der Waals surface area contributed by atoms with E-state index in [0.29, 0.717) is 19.6 Å². The van der Waals surface area contributed by atoms with Gasteiger partial charge in [-0.1, -0.05) is 0 Å². The number of piperazine rings is 1. The summed E-state index contributed by atoms with van der Waals surface area (Å²) in [6.07, 6.45) is 0. The molecule has 4 N–H and O–H groups in total. The Labute approximate surface area is 116 Å². The molecular formula is C13H17FN4O2. The first-order valence-electron chi connectivity index (χ1n) is 6.29. The number of primary amides is 2. The lowest BCUT2D eigenvalue weighted by Gasteiger charge is -2.40. The first kappa shape index (κ1) is 14.3. The van der Waals surface area contributed by atoms with Crippen molar-refractivity contribution < 1.29 is 14.0 Å². The second-order valence-corrected chi connectivity index (χ2v) is 4.78. The fraction of sp³-hybridized carbons (Fsp3) is 0.385. The maximum absolute atomic E-state index is 12.9. The highest BCUT2D eigenvalue weighted by Crippen LogP contribution is 2.19. The average Bonchev–Trinajstić information content (AvgIpc) is 2.39. The molecule has 0 bridgehead atoms. The molecule has 1 atom stereocenters. The molecule has 1 fully saturated rings. The minimum atomic E-state index is -0.582. The number of nitrogens with two attached hydrogens (primary N) is 2. The molecule has 0 aromatic heterocycles. The fourth-order valence-corrected chi connectivity index (χ4v) is 2.37. The van der Waals surface area contributed by atoms with Gasteiger partial charge in [0.05, 0.1) is 6.54 Å². The lowest BCUT2D eigenvalue weighted by atomic mass is 10.1. The van der Waals surface area contributed by atoms with E-state index in [1.54, 1.807) is 17.0 Å². The van der Waals surface area contributed by atoms with Gasteiger partial charge in [-0.2, -0.15) is 0 Å². The number of hydrogen-bond acceptors (Lipinski definition) is 4. The highest BCUT2D eigenvalue weighted by atomic mass is 19.1.